The van der Waals surface area contributed by atoms with Gasteiger partial charge in [0, 0.05) is 22.6 Å². The summed E-state index contributed by atoms with van der Waals surface area (Å²) < 4.78 is 5.09. The number of Topliss-reactive ketones (excluding diaryl/α,β-unsaturated/α-hetero) is 1. The summed E-state index contributed by atoms with van der Waals surface area (Å²) >= 11 is 5.79. The van der Waals surface area contributed by atoms with Gasteiger partial charge in [0.1, 0.15) is 0 Å². The van der Waals surface area contributed by atoms with Gasteiger partial charge >= 0.3 is 5.97 Å². The normalized spacial score (nSPS) is 16.1. The molecule has 8 heteroatoms. The van der Waals surface area contributed by atoms with E-state index in [2.05, 4.69) is 26.2 Å². The van der Waals surface area contributed by atoms with Gasteiger partial charge in [0.05, 0.1) is 12.5 Å². The first-order valence-electron chi connectivity index (χ1n) is 10.2. The van der Waals surface area contributed by atoms with Crippen LogP contribution in [0.3, 0.4) is 0 Å². The minimum atomic E-state index is -0.760. The molecule has 1 saturated heterocycles. The van der Waals surface area contributed by atoms with Gasteiger partial charge in [0.25, 0.3) is 5.91 Å². The Kier molecular flexibility index (Phi) is 6.99. The largest absolute Gasteiger partial charge is 0.457 e. The van der Waals surface area contributed by atoms with E-state index in [-0.39, 0.29) is 24.2 Å². The number of hydrazine groups is 1. The maximum absolute atomic E-state index is 12.5. The molecular formula is C24H25ClN2O5. The van der Waals surface area contributed by atoms with Gasteiger partial charge in [-0.1, -0.05) is 44.5 Å². The lowest BCUT2D eigenvalue weighted by Crippen LogP contribution is -2.43. The smallest absolute Gasteiger partial charge is 0.311 e. The van der Waals surface area contributed by atoms with Gasteiger partial charge in [-0.05, 0) is 47.4 Å². The summed E-state index contributed by atoms with van der Waals surface area (Å²) in [4.78, 5) is 49.2. The quantitative estimate of drug-likeness (QED) is 0.530. The van der Waals surface area contributed by atoms with E-state index < -0.39 is 30.3 Å². The number of ether oxygens (including phenoxy) is 1. The third-order valence-electron chi connectivity index (χ3n) is 5.22. The van der Waals surface area contributed by atoms with Crippen LogP contribution in [0.25, 0.3) is 0 Å². The molecule has 0 aromatic heterocycles. The van der Waals surface area contributed by atoms with Crippen molar-refractivity contribution < 1.29 is 23.9 Å². The predicted molar refractivity (Wildman–Crippen MR) is 119 cm³/mol. The number of amides is 2. The number of hydrogen-bond donors (Lipinski definition) is 1. The average Bonchev–Trinajstić information content (AvgIpc) is 3.12. The first-order chi connectivity index (χ1) is 15.0. The van der Waals surface area contributed by atoms with Crippen LogP contribution in [0.15, 0.2) is 48.5 Å². The second-order valence-corrected chi connectivity index (χ2v) is 9.15. The fourth-order valence-corrected chi connectivity index (χ4v) is 3.38. The Morgan fingerprint density at radius 1 is 1.03 bits per heavy atom. The van der Waals surface area contributed by atoms with Gasteiger partial charge < -0.3 is 4.74 Å². The van der Waals surface area contributed by atoms with Crippen molar-refractivity contribution in [1.29, 1.82) is 0 Å². The molecule has 0 radical (unpaired) electrons. The summed E-state index contributed by atoms with van der Waals surface area (Å²) in [7, 11) is 0. The van der Waals surface area contributed by atoms with Crippen molar-refractivity contribution in [3.05, 3.63) is 70.2 Å². The van der Waals surface area contributed by atoms with Crippen molar-refractivity contribution in [2.45, 2.75) is 32.6 Å². The van der Waals surface area contributed by atoms with E-state index in [0.29, 0.717) is 16.1 Å². The zero-order valence-electron chi connectivity index (χ0n) is 18.2. The van der Waals surface area contributed by atoms with Crippen LogP contribution in [0.4, 0.5) is 0 Å². The van der Waals surface area contributed by atoms with Crippen LogP contribution in [-0.2, 0) is 19.7 Å². The Morgan fingerprint density at radius 2 is 1.62 bits per heavy atom. The third-order valence-corrected chi connectivity index (χ3v) is 5.47. The Morgan fingerprint density at radius 3 is 2.22 bits per heavy atom. The number of carbonyl (C=O) groups is 4. The molecule has 0 saturated carbocycles. The zero-order chi connectivity index (χ0) is 23.5. The molecule has 1 atom stereocenters. The van der Waals surface area contributed by atoms with Crippen LogP contribution in [0.5, 0.6) is 0 Å². The number of halogens is 1. The number of benzene rings is 2. The van der Waals surface area contributed by atoms with Gasteiger partial charge in [0.15, 0.2) is 12.4 Å². The fraction of sp³-hybridized carbons (Fsp3) is 0.333. The molecule has 1 heterocycles. The summed E-state index contributed by atoms with van der Waals surface area (Å²) in [6.45, 7) is 5.78. The molecule has 168 valence electrons. The molecule has 2 aromatic rings. The highest BCUT2D eigenvalue weighted by Crippen LogP contribution is 2.23. The van der Waals surface area contributed by atoms with E-state index in [1.54, 1.807) is 36.4 Å². The highest BCUT2D eigenvalue weighted by Gasteiger charge is 2.36. The second-order valence-electron chi connectivity index (χ2n) is 8.71. The SMILES string of the molecule is CC(C)(C)c1ccc(C(=O)NN2C[C@@H](C(=O)OCC(=O)c3ccc(Cl)cc3)CC2=O)cc1. The first-order valence-corrected chi connectivity index (χ1v) is 10.6. The van der Waals surface area contributed by atoms with Crippen LogP contribution < -0.4 is 5.43 Å². The summed E-state index contributed by atoms with van der Waals surface area (Å²) in [5.74, 6) is -2.62. The average molecular weight is 457 g/mol. The van der Waals surface area contributed by atoms with Gasteiger partial charge in [-0.3, -0.25) is 29.6 Å². The number of ketones is 1. The summed E-state index contributed by atoms with van der Waals surface area (Å²) in [6.07, 6.45) is -0.1000. The lowest BCUT2D eigenvalue weighted by molar-refractivity contribution is -0.147. The number of nitrogens with zero attached hydrogens (tertiary/aromatic N) is 1. The number of hydrogen-bond acceptors (Lipinski definition) is 5. The molecule has 2 aromatic carbocycles. The van der Waals surface area contributed by atoms with Crippen molar-refractivity contribution in [3.63, 3.8) is 0 Å². The molecule has 1 aliphatic rings. The van der Waals surface area contributed by atoms with E-state index in [4.69, 9.17) is 16.3 Å². The van der Waals surface area contributed by atoms with Crippen LogP contribution >= 0.6 is 11.6 Å². The molecule has 1 N–H and O–H groups in total. The lowest BCUT2D eigenvalue weighted by atomic mass is 9.87. The molecule has 32 heavy (non-hydrogen) atoms. The van der Waals surface area contributed by atoms with Gasteiger partial charge in [-0.15, -0.1) is 0 Å². The van der Waals surface area contributed by atoms with Gasteiger partial charge in [0.2, 0.25) is 5.91 Å². The van der Waals surface area contributed by atoms with Gasteiger partial charge in [-0.25, -0.2) is 0 Å². The number of nitrogens with one attached hydrogen (secondary N) is 1. The molecule has 0 spiro atoms. The van der Waals surface area contributed by atoms with Gasteiger partial charge in [-0.2, -0.15) is 0 Å². The Labute approximate surface area is 191 Å². The number of esters is 1. The molecule has 7 nitrogen and oxygen atoms in total. The number of carbonyl (C=O) groups excluding carboxylic acids is 4. The van der Waals surface area contributed by atoms with Crippen molar-refractivity contribution in [2.75, 3.05) is 13.2 Å². The second kappa shape index (κ2) is 9.53. The molecule has 1 aliphatic heterocycles. The van der Waals surface area contributed by atoms with Crippen LogP contribution in [-0.4, -0.2) is 41.7 Å². The van der Waals surface area contributed by atoms with Crippen LogP contribution in [0, 0.1) is 5.92 Å². The van der Waals surface area contributed by atoms with E-state index in [1.165, 1.54) is 0 Å². The van der Waals surface area contributed by atoms with Crippen LogP contribution in [0.1, 0.15) is 53.5 Å². The zero-order valence-corrected chi connectivity index (χ0v) is 18.9. The molecule has 0 bridgehead atoms. The Bertz CT molecular complexity index is 1030. The van der Waals surface area contributed by atoms with E-state index in [1.807, 2.05) is 12.1 Å². The monoisotopic (exact) mass is 456 g/mol. The standard InChI is InChI=1S/C24H25ClN2O5/c1-24(2,3)18-8-4-16(5-9-18)22(30)26-27-13-17(12-21(27)29)23(31)32-14-20(28)15-6-10-19(25)11-7-15/h4-11,17H,12-14H2,1-3H3,(H,26,30)/t17-/m0/s1. The molecule has 0 unspecified atom stereocenters. The van der Waals surface area contributed by atoms with E-state index in [0.717, 1.165) is 10.6 Å². The van der Waals surface area contributed by atoms with E-state index >= 15 is 0 Å². The minimum absolute atomic E-state index is 0.0153. The third kappa shape index (κ3) is 5.73. The molecular weight excluding hydrogens is 432 g/mol. The maximum Gasteiger partial charge on any atom is 0.311 e. The Balaban J connectivity index is 1.52. The minimum Gasteiger partial charge on any atom is -0.457 e. The highest BCUT2D eigenvalue weighted by atomic mass is 35.5. The van der Waals surface area contributed by atoms with Crippen LogP contribution in [0.2, 0.25) is 5.02 Å². The lowest BCUT2D eigenvalue weighted by Gasteiger charge is -2.20. The molecule has 0 aliphatic carbocycles. The summed E-state index contributed by atoms with van der Waals surface area (Å²) in [6, 6.07) is 13.4. The maximum atomic E-state index is 12.5. The molecule has 2 amide bonds. The van der Waals surface area contributed by atoms with Crippen molar-refractivity contribution in [2.24, 2.45) is 5.92 Å². The Hall–Kier alpha value is -3.19. The van der Waals surface area contributed by atoms with Crippen molar-refractivity contribution in [1.82, 2.24) is 10.4 Å². The molecule has 1 fully saturated rings. The fourth-order valence-electron chi connectivity index (χ4n) is 3.26. The van der Waals surface area contributed by atoms with Crippen molar-refractivity contribution in [3.8, 4) is 0 Å². The summed E-state index contributed by atoms with van der Waals surface area (Å²) in [5, 5.41) is 1.61. The highest BCUT2D eigenvalue weighted by molar-refractivity contribution is 6.30. The number of rotatable bonds is 6. The topological polar surface area (TPSA) is 92.8 Å². The van der Waals surface area contributed by atoms with Crippen molar-refractivity contribution >= 4 is 35.2 Å². The first kappa shape index (κ1) is 23.5. The van der Waals surface area contributed by atoms with E-state index in [9.17, 15) is 19.2 Å². The molecule has 3 rings (SSSR count). The predicted octanol–water partition coefficient (Wildman–Crippen LogP) is 3.56. The summed E-state index contributed by atoms with van der Waals surface area (Å²) in [5.41, 5.74) is 4.37.